The van der Waals surface area contributed by atoms with Crippen LogP contribution >= 0.6 is 11.3 Å². The fraction of sp³-hybridized carbons (Fsp3) is 0.107. The molecule has 1 fully saturated rings. The van der Waals surface area contributed by atoms with E-state index in [0.29, 0.717) is 28.2 Å². The van der Waals surface area contributed by atoms with Crippen LogP contribution in [0, 0.1) is 17.0 Å². The largest absolute Gasteiger partial charge is 0.507 e. The van der Waals surface area contributed by atoms with Gasteiger partial charge < -0.3 is 9.84 Å². The van der Waals surface area contributed by atoms with Crippen molar-refractivity contribution in [3.63, 3.8) is 0 Å². The molecule has 1 saturated heterocycles. The van der Waals surface area contributed by atoms with Gasteiger partial charge in [0.05, 0.1) is 34.7 Å². The zero-order chi connectivity index (χ0) is 29.5. The average molecular weight is 592 g/mol. The number of sulfone groups is 1. The van der Waals surface area contributed by atoms with Gasteiger partial charge in [0.25, 0.3) is 11.5 Å². The number of amides is 1. The highest BCUT2D eigenvalue weighted by Gasteiger charge is 2.48. The molecule has 1 aromatic heterocycles. The number of thiazole rings is 1. The lowest BCUT2D eigenvalue weighted by Gasteiger charge is -2.23. The Morgan fingerprint density at radius 2 is 1.66 bits per heavy atom. The van der Waals surface area contributed by atoms with Crippen molar-refractivity contribution < 1.29 is 32.8 Å². The third-order valence-corrected chi connectivity index (χ3v) is 9.73. The van der Waals surface area contributed by atoms with Gasteiger partial charge in [-0.25, -0.2) is 13.4 Å². The molecule has 41 heavy (non-hydrogen) atoms. The number of methoxy groups -OCH3 is 1. The Kier molecular flexibility index (Phi) is 7.15. The van der Waals surface area contributed by atoms with E-state index in [0.717, 1.165) is 40.9 Å². The number of aromatic nitrogens is 1. The van der Waals surface area contributed by atoms with Crippen molar-refractivity contribution in [2.75, 3.05) is 12.0 Å². The van der Waals surface area contributed by atoms with Gasteiger partial charge in [-0.1, -0.05) is 53.3 Å². The van der Waals surface area contributed by atoms with Crippen molar-refractivity contribution in [1.29, 1.82) is 0 Å². The van der Waals surface area contributed by atoms with Gasteiger partial charge in [-0.05, 0) is 36.8 Å². The normalized spacial score (nSPS) is 16.6. The summed E-state index contributed by atoms with van der Waals surface area (Å²) in [4.78, 5) is 42.1. The van der Waals surface area contributed by atoms with Crippen molar-refractivity contribution in [1.82, 2.24) is 4.98 Å². The Labute approximate surface area is 238 Å². The zero-order valence-corrected chi connectivity index (χ0v) is 23.2. The fourth-order valence-corrected chi connectivity index (χ4v) is 6.89. The van der Waals surface area contributed by atoms with Crippen LogP contribution in [-0.4, -0.2) is 42.2 Å². The van der Waals surface area contributed by atoms with Crippen LogP contribution in [0.25, 0.3) is 5.76 Å². The summed E-state index contributed by atoms with van der Waals surface area (Å²) in [5.74, 6) is -1.82. The Morgan fingerprint density at radius 3 is 2.24 bits per heavy atom. The number of non-ortho nitro benzene ring substituents is 1. The summed E-state index contributed by atoms with van der Waals surface area (Å²) in [6.07, 6.45) is 1.06. The number of nitro groups is 1. The fourth-order valence-electron chi connectivity index (χ4n) is 4.35. The number of ketones is 1. The molecule has 11 nitrogen and oxygen atoms in total. The van der Waals surface area contributed by atoms with Crippen LogP contribution in [0.5, 0.6) is 5.75 Å². The molecule has 13 heteroatoms. The minimum absolute atomic E-state index is 0.0867. The first-order chi connectivity index (χ1) is 19.5. The molecule has 0 spiro atoms. The summed E-state index contributed by atoms with van der Waals surface area (Å²) in [5, 5.41) is 22.1. The second kappa shape index (κ2) is 10.6. The number of hydrogen-bond acceptors (Lipinski definition) is 10. The summed E-state index contributed by atoms with van der Waals surface area (Å²) in [6, 6.07) is 16.5. The first kappa shape index (κ1) is 27.7. The smallest absolute Gasteiger partial charge is 0.301 e. The molecule has 3 aromatic carbocycles. The van der Waals surface area contributed by atoms with Crippen molar-refractivity contribution in [3.8, 4) is 5.75 Å². The molecule has 1 N–H and O–H groups in total. The number of Topliss-reactive ketones (excluding diaryl/α,β-unsaturated/α-hetero) is 1. The van der Waals surface area contributed by atoms with Crippen LogP contribution in [0.2, 0.25) is 0 Å². The van der Waals surface area contributed by atoms with E-state index in [1.54, 1.807) is 48.5 Å². The second-order valence-corrected chi connectivity index (χ2v) is 12.2. The molecular weight excluding hydrogens is 570 g/mol. The van der Waals surface area contributed by atoms with Gasteiger partial charge in [0, 0.05) is 17.7 Å². The minimum Gasteiger partial charge on any atom is -0.507 e. The maximum Gasteiger partial charge on any atom is 0.301 e. The van der Waals surface area contributed by atoms with E-state index < -0.39 is 32.5 Å². The molecule has 4 aromatic rings. The molecular formula is C28H21N3O8S2. The molecule has 0 bridgehead atoms. The second-order valence-electron chi connectivity index (χ2n) is 9.02. The number of carbonyl (C=O) groups is 2. The molecule has 5 rings (SSSR count). The SMILES string of the molecule is COc1ccc(C2/C(=C(/O)c3ccc(C)cc3)C(=O)C(=O)N2c2ncc(S(=O)(=O)c3ccc([N+](=O)[O-])cc3)s2)cc1. The van der Waals surface area contributed by atoms with Gasteiger partial charge in [-0.3, -0.25) is 24.6 Å². The quantitative estimate of drug-likeness (QED) is 0.105. The number of benzene rings is 3. The first-order valence-electron chi connectivity index (χ1n) is 12.0. The van der Waals surface area contributed by atoms with E-state index in [9.17, 15) is 33.2 Å². The summed E-state index contributed by atoms with van der Waals surface area (Å²) >= 11 is 0.657. The molecule has 1 atom stereocenters. The summed E-state index contributed by atoms with van der Waals surface area (Å²) in [5.41, 5.74) is 1.25. The van der Waals surface area contributed by atoms with E-state index >= 15 is 0 Å². The highest BCUT2D eigenvalue weighted by atomic mass is 32.2. The molecule has 2 heterocycles. The van der Waals surface area contributed by atoms with Crippen molar-refractivity contribution in [3.05, 3.63) is 111 Å². The van der Waals surface area contributed by atoms with E-state index in [2.05, 4.69) is 4.98 Å². The molecule has 0 aliphatic carbocycles. The van der Waals surface area contributed by atoms with Crippen LogP contribution < -0.4 is 9.64 Å². The van der Waals surface area contributed by atoms with Gasteiger partial charge in [-0.2, -0.15) is 0 Å². The molecule has 0 saturated carbocycles. The zero-order valence-electron chi connectivity index (χ0n) is 21.5. The number of anilines is 1. The minimum atomic E-state index is -4.16. The van der Waals surface area contributed by atoms with Gasteiger partial charge in [-0.15, -0.1) is 0 Å². The molecule has 1 amide bonds. The van der Waals surface area contributed by atoms with Crippen molar-refractivity contribution in [2.24, 2.45) is 0 Å². The lowest BCUT2D eigenvalue weighted by atomic mass is 9.95. The van der Waals surface area contributed by atoms with Gasteiger partial charge in [0.1, 0.15) is 15.7 Å². The lowest BCUT2D eigenvalue weighted by molar-refractivity contribution is -0.384. The number of rotatable bonds is 7. The molecule has 208 valence electrons. The number of aliphatic hydroxyl groups is 1. The van der Waals surface area contributed by atoms with E-state index in [4.69, 9.17) is 4.74 Å². The monoisotopic (exact) mass is 591 g/mol. The first-order valence-corrected chi connectivity index (χ1v) is 14.3. The van der Waals surface area contributed by atoms with E-state index in [1.807, 2.05) is 6.92 Å². The average Bonchev–Trinajstić information content (AvgIpc) is 3.56. The maximum atomic E-state index is 13.4. The van der Waals surface area contributed by atoms with Crippen LogP contribution in [0.3, 0.4) is 0 Å². The highest BCUT2D eigenvalue weighted by molar-refractivity contribution is 7.93. The van der Waals surface area contributed by atoms with E-state index in [-0.39, 0.29) is 31.3 Å². The van der Waals surface area contributed by atoms with Gasteiger partial charge in [0.2, 0.25) is 9.84 Å². The number of ether oxygens (including phenoxy) is 1. The Hall–Kier alpha value is -4.88. The van der Waals surface area contributed by atoms with Crippen molar-refractivity contribution >= 4 is 49.4 Å². The summed E-state index contributed by atoms with van der Waals surface area (Å²) in [6.45, 7) is 1.87. The number of nitrogens with zero attached hydrogens (tertiary/aromatic N) is 3. The van der Waals surface area contributed by atoms with Crippen LogP contribution in [0.1, 0.15) is 22.7 Å². The molecule has 1 unspecified atom stereocenters. The number of aryl methyl sites for hydroxylation is 1. The number of nitro benzene ring substituents is 1. The third kappa shape index (κ3) is 4.96. The number of hydrogen-bond donors (Lipinski definition) is 1. The molecule has 1 aliphatic rings. The predicted molar refractivity (Wildman–Crippen MR) is 150 cm³/mol. The summed E-state index contributed by atoms with van der Waals surface area (Å²) in [7, 11) is -2.67. The third-order valence-electron chi connectivity index (χ3n) is 6.50. The van der Waals surface area contributed by atoms with E-state index in [1.165, 1.54) is 7.11 Å². The topological polar surface area (TPSA) is 157 Å². The lowest BCUT2D eigenvalue weighted by Crippen LogP contribution is -2.29. The van der Waals surface area contributed by atoms with Crippen LogP contribution in [0.4, 0.5) is 10.8 Å². The number of aliphatic hydroxyl groups excluding tert-OH is 1. The van der Waals surface area contributed by atoms with Crippen molar-refractivity contribution in [2.45, 2.75) is 22.1 Å². The Bertz CT molecular complexity index is 1810. The molecule has 0 radical (unpaired) electrons. The predicted octanol–water partition coefficient (Wildman–Crippen LogP) is 4.83. The highest BCUT2D eigenvalue weighted by Crippen LogP contribution is 2.44. The van der Waals surface area contributed by atoms with Crippen LogP contribution in [0.15, 0.2) is 93.7 Å². The number of carbonyl (C=O) groups excluding carboxylic acids is 2. The van der Waals surface area contributed by atoms with Crippen LogP contribution in [-0.2, 0) is 19.4 Å². The molecule has 1 aliphatic heterocycles. The maximum absolute atomic E-state index is 13.4. The standard InChI is InChI=1S/C28H21N3O8S2/c1-16-3-5-18(6-4-16)25(32)23-24(17-7-11-20(39-2)12-8-17)30(27(34)26(23)33)28-29-15-22(40-28)41(37,38)21-13-9-19(10-14-21)31(35)36/h3-15,24,32H,1-2H3/b25-23-. The Balaban J connectivity index is 1.62. The Morgan fingerprint density at radius 1 is 1.02 bits per heavy atom. The van der Waals surface area contributed by atoms with Gasteiger partial charge in [0.15, 0.2) is 5.13 Å². The van der Waals surface area contributed by atoms with Gasteiger partial charge >= 0.3 is 5.91 Å². The summed E-state index contributed by atoms with van der Waals surface area (Å²) < 4.78 is 31.5.